The van der Waals surface area contributed by atoms with Crippen LogP contribution in [-0.4, -0.2) is 13.0 Å². The first-order valence-corrected chi connectivity index (χ1v) is 7.24. The Labute approximate surface area is 129 Å². The summed E-state index contributed by atoms with van der Waals surface area (Å²) in [6, 6.07) is 2.16. The highest BCUT2D eigenvalue weighted by Gasteiger charge is 2.22. The summed E-state index contributed by atoms with van der Waals surface area (Å²) in [6.45, 7) is 9.50. The van der Waals surface area contributed by atoms with Gasteiger partial charge < -0.3 is 9.07 Å². The van der Waals surface area contributed by atoms with Crippen LogP contribution in [0.1, 0.15) is 38.2 Å². The van der Waals surface area contributed by atoms with Crippen LogP contribution in [0.5, 0.6) is 0 Å². The zero-order valence-electron chi connectivity index (χ0n) is 12.7. The molecule has 0 spiro atoms. The van der Waals surface area contributed by atoms with Crippen LogP contribution in [0.25, 0.3) is 11.3 Å². The Balaban J connectivity index is 2.73. The molecule has 0 bridgehead atoms. The summed E-state index contributed by atoms with van der Waals surface area (Å²) in [4.78, 5) is 5.09. The summed E-state index contributed by atoms with van der Waals surface area (Å²) in [7, 11) is 5.42. The van der Waals surface area contributed by atoms with E-state index in [1.807, 2.05) is 34.6 Å². The van der Waals surface area contributed by atoms with Crippen molar-refractivity contribution in [2.75, 3.05) is 0 Å². The Kier molecular flexibility index (Phi) is 4.24. The summed E-state index contributed by atoms with van der Waals surface area (Å²) < 4.78 is 10.7. The minimum absolute atomic E-state index is 0.248. The fourth-order valence-corrected chi connectivity index (χ4v) is 3.06. The Morgan fingerprint density at radius 1 is 1.24 bits per heavy atom. The number of thiazole rings is 1. The maximum atomic E-state index is 9.54. The van der Waals surface area contributed by atoms with Crippen LogP contribution in [0.15, 0.2) is 4.42 Å². The molecule has 0 saturated heterocycles. The van der Waals surface area contributed by atoms with Gasteiger partial charge in [0.05, 0.1) is 15.6 Å². The van der Waals surface area contributed by atoms with Crippen LogP contribution < -0.4 is 0 Å². The quantitative estimate of drug-likeness (QED) is 0.491. The zero-order chi connectivity index (χ0) is 15.7. The standard InChI is InChI=1S/C15H15BN2O2S/c1-7-8(2)13(19-10(7)4)14(20-16)12(6-17)15-9(3)18-11(5)21-15/h1-5H3. The first kappa shape index (κ1) is 15.4. The SMILES string of the molecule is [B]OC(=C(C#N)c1sc(C)nc1C)c1oc(C)c(C)c1C. The van der Waals surface area contributed by atoms with Crippen LogP contribution in [-0.2, 0) is 4.65 Å². The number of furan rings is 1. The van der Waals surface area contributed by atoms with Gasteiger partial charge in [0.15, 0.2) is 11.5 Å². The van der Waals surface area contributed by atoms with E-state index in [-0.39, 0.29) is 5.76 Å². The van der Waals surface area contributed by atoms with Crippen molar-refractivity contribution in [3.8, 4) is 6.07 Å². The summed E-state index contributed by atoms with van der Waals surface area (Å²) in [5.74, 6) is 1.53. The third kappa shape index (κ3) is 2.61. The second-order valence-corrected chi connectivity index (χ2v) is 6.02. The number of hydrogen-bond acceptors (Lipinski definition) is 5. The molecule has 0 N–H and O–H groups in total. The molecule has 0 aliphatic heterocycles. The molecule has 2 aromatic heterocycles. The lowest BCUT2D eigenvalue weighted by Gasteiger charge is -2.08. The number of nitrogens with zero attached hydrogens (tertiary/aromatic N) is 2. The molecule has 2 aromatic rings. The molecule has 0 saturated carbocycles. The fourth-order valence-electron chi connectivity index (χ4n) is 2.15. The van der Waals surface area contributed by atoms with Crippen molar-refractivity contribution in [3.63, 3.8) is 0 Å². The molecule has 0 fully saturated rings. The van der Waals surface area contributed by atoms with Crippen molar-refractivity contribution >= 4 is 30.7 Å². The third-order valence-corrected chi connectivity index (χ3v) is 4.57. The van der Waals surface area contributed by atoms with Crippen LogP contribution in [0.3, 0.4) is 0 Å². The predicted molar refractivity (Wildman–Crippen MR) is 83.8 cm³/mol. The summed E-state index contributed by atoms with van der Waals surface area (Å²) in [6.07, 6.45) is 0. The average molecular weight is 298 g/mol. The van der Waals surface area contributed by atoms with E-state index in [0.29, 0.717) is 11.3 Å². The molecule has 4 nitrogen and oxygen atoms in total. The van der Waals surface area contributed by atoms with Crippen molar-refractivity contribution < 1.29 is 9.07 Å². The van der Waals surface area contributed by atoms with E-state index in [0.717, 1.165) is 32.5 Å². The minimum atomic E-state index is 0.248. The molecule has 0 aromatic carbocycles. The lowest BCUT2D eigenvalue weighted by Crippen LogP contribution is -1.95. The first-order valence-electron chi connectivity index (χ1n) is 6.43. The van der Waals surface area contributed by atoms with Crippen molar-refractivity contribution in [3.05, 3.63) is 38.2 Å². The third-order valence-electron chi connectivity index (χ3n) is 3.48. The number of rotatable bonds is 3. The van der Waals surface area contributed by atoms with E-state index in [4.69, 9.17) is 17.1 Å². The minimum Gasteiger partial charge on any atom is -0.564 e. The van der Waals surface area contributed by atoms with E-state index < -0.39 is 0 Å². The topological polar surface area (TPSA) is 59.0 Å². The Morgan fingerprint density at radius 2 is 1.90 bits per heavy atom. The van der Waals surface area contributed by atoms with Gasteiger partial charge in [-0.2, -0.15) is 5.26 Å². The van der Waals surface area contributed by atoms with Gasteiger partial charge in [-0.15, -0.1) is 11.3 Å². The Hall–Kier alpha value is -2.00. The van der Waals surface area contributed by atoms with Gasteiger partial charge in [0.1, 0.15) is 17.4 Å². The van der Waals surface area contributed by atoms with Crippen LogP contribution in [0.2, 0.25) is 0 Å². The lowest BCUT2D eigenvalue weighted by molar-refractivity contribution is 0.473. The predicted octanol–water partition coefficient (Wildman–Crippen LogP) is 3.77. The van der Waals surface area contributed by atoms with E-state index in [9.17, 15) is 5.26 Å². The van der Waals surface area contributed by atoms with Gasteiger partial charge in [0.25, 0.3) is 0 Å². The molecule has 0 aliphatic carbocycles. The van der Waals surface area contributed by atoms with Crippen molar-refractivity contribution in [1.29, 1.82) is 5.26 Å². The molecular formula is C15H15BN2O2S. The molecule has 0 amide bonds. The van der Waals surface area contributed by atoms with Crippen molar-refractivity contribution in [2.24, 2.45) is 0 Å². The van der Waals surface area contributed by atoms with E-state index in [2.05, 4.69) is 11.1 Å². The van der Waals surface area contributed by atoms with Gasteiger partial charge >= 0.3 is 8.05 Å². The molecule has 6 heteroatoms. The average Bonchev–Trinajstić information content (AvgIpc) is 2.90. The molecule has 2 radical (unpaired) electrons. The molecule has 2 heterocycles. The monoisotopic (exact) mass is 298 g/mol. The molecule has 0 aliphatic rings. The molecule has 0 unspecified atom stereocenters. The number of allylic oxidation sites excluding steroid dienone is 1. The number of nitriles is 1. The van der Waals surface area contributed by atoms with Gasteiger partial charge in [0, 0.05) is 5.56 Å². The van der Waals surface area contributed by atoms with Gasteiger partial charge in [-0.3, -0.25) is 0 Å². The highest BCUT2D eigenvalue weighted by atomic mass is 32.1. The maximum Gasteiger partial charge on any atom is 0.374 e. The highest BCUT2D eigenvalue weighted by molar-refractivity contribution is 7.13. The Morgan fingerprint density at radius 3 is 2.29 bits per heavy atom. The van der Waals surface area contributed by atoms with Gasteiger partial charge in [-0.1, -0.05) is 0 Å². The summed E-state index contributed by atoms with van der Waals surface area (Å²) >= 11 is 1.43. The van der Waals surface area contributed by atoms with Crippen LogP contribution in [0.4, 0.5) is 0 Å². The number of aromatic nitrogens is 1. The van der Waals surface area contributed by atoms with Gasteiger partial charge in [0.2, 0.25) is 0 Å². The molecule has 21 heavy (non-hydrogen) atoms. The largest absolute Gasteiger partial charge is 0.564 e. The molecule has 0 atom stereocenters. The van der Waals surface area contributed by atoms with Gasteiger partial charge in [-0.25, -0.2) is 4.98 Å². The van der Waals surface area contributed by atoms with E-state index >= 15 is 0 Å². The maximum absolute atomic E-state index is 9.54. The molecule has 106 valence electrons. The van der Waals surface area contributed by atoms with Crippen molar-refractivity contribution in [1.82, 2.24) is 4.98 Å². The number of aryl methyl sites for hydroxylation is 3. The first-order chi connectivity index (χ1) is 9.90. The zero-order valence-corrected chi connectivity index (χ0v) is 13.5. The van der Waals surface area contributed by atoms with Crippen LogP contribution >= 0.6 is 11.3 Å². The van der Waals surface area contributed by atoms with Crippen molar-refractivity contribution in [2.45, 2.75) is 34.6 Å². The van der Waals surface area contributed by atoms with E-state index in [1.54, 1.807) is 0 Å². The summed E-state index contributed by atoms with van der Waals surface area (Å²) in [5.41, 5.74) is 3.06. The Bertz CT molecular complexity index is 765. The van der Waals surface area contributed by atoms with E-state index in [1.165, 1.54) is 11.3 Å². The normalized spacial score (nSPS) is 12.0. The lowest BCUT2D eigenvalue weighted by atomic mass is 10.1. The molecular weight excluding hydrogens is 283 g/mol. The smallest absolute Gasteiger partial charge is 0.374 e. The second kappa shape index (κ2) is 5.78. The number of hydrogen-bond donors (Lipinski definition) is 0. The van der Waals surface area contributed by atoms with Gasteiger partial charge in [-0.05, 0) is 40.2 Å². The molecule has 2 rings (SSSR count). The van der Waals surface area contributed by atoms with Crippen LogP contribution in [0, 0.1) is 45.9 Å². The fraction of sp³-hybridized carbons (Fsp3) is 0.333. The second-order valence-electron chi connectivity index (χ2n) is 4.82. The highest BCUT2D eigenvalue weighted by Crippen LogP contribution is 2.35. The summed E-state index contributed by atoms with van der Waals surface area (Å²) in [5, 5.41) is 10.4.